The van der Waals surface area contributed by atoms with Gasteiger partial charge in [-0.15, -0.1) is 0 Å². The van der Waals surface area contributed by atoms with Gasteiger partial charge in [-0.05, 0) is 36.3 Å². The molecule has 1 heterocycles. The largest absolute Gasteiger partial charge is 0.426 e. The van der Waals surface area contributed by atoms with Crippen LogP contribution in [0.4, 0.5) is 4.39 Å². The summed E-state index contributed by atoms with van der Waals surface area (Å²) in [6, 6.07) is 9.33. The van der Waals surface area contributed by atoms with Crippen LogP contribution >= 0.6 is 11.6 Å². The summed E-state index contributed by atoms with van der Waals surface area (Å²) in [5, 5.41) is 0.491. The number of carbonyl (C=O) groups excluding carboxylic acids is 1. The van der Waals surface area contributed by atoms with Gasteiger partial charge in [0.25, 0.3) is 0 Å². The summed E-state index contributed by atoms with van der Waals surface area (Å²) in [6.07, 6.45) is 1.82. The van der Waals surface area contributed by atoms with Crippen LogP contribution in [-0.4, -0.2) is 11.0 Å². The van der Waals surface area contributed by atoms with Crippen molar-refractivity contribution in [3.05, 3.63) is 59.1 Å². The Hall–Kier alpha value is -2.38. The molecule has 1 aromatic carbocycles. The van der Waals surface area contributed by atoms with Crippen LogP contribution in [0.15, 0.2) is 42.6 Å². The van der Waals surface area contributed by atoms with Crippen molar-refractivity contribution in [1.82, 2.24) is 4.98 Å². The molecule has 0 fully saturated rings. The second-order valence-corrected chi connectivity index (χ2v) is 4.50. The highest BCUT2D eigenvalue weighted by Crippen LogP contribution is 2.17. The third-order valence-electron chi connectivity index (χ3n) is 2.45. The van der Waals surface area contributed by atoms with Crippen molar-refractivity contribution in [3.8, 4) is 17.6 Å². The maximum absolute atomic E-state index is 13.2. The molecule has 5 heteroatoms. The van der Waals surface area contributed by atoms with E-state index >= 15 is 0 Å². The third kappa shape index (κ3) is 4.90. The van der Waals surface area contributed by atoms with E-state index in [4.69, 9.17) is 16.3 Å². The van der Waals surface area contributed by atoms with Crippen molar-refractivity contribution in [2.24, 2.45) is 0 Å². The predicted octanol–water partition coefficient (Wildman–Crippen LogP) is 3.61. The molecule has 0 aliphatic heterocycles. The molecule has 0 saturated carbocycles. The Morgan fingerprint density at radius 2 is 2.19 bits per heavy atom. The molecule has 0 N–H and O–H groups in total. The first-order chi connectivity index (χ1) is 10.1. The number of hydrogen-bond acceptors (Lipinski definition) is 3. The lowest BCUT2D eigenvalue weighted by Gasteiger charge is -2.02. The predicted molar refractivity (Wildman–Crippen MR) is 77.4 cm³/mol. The van der Waals surface area contributed by atoms with Crippen LogP contribution in [0.5, 0.6) is 5.75 Å². The SMILES string of the molecule is O=C(CCC#Cc1ncccc1F)Oc1cccc(Cl)c1. The van der Waals surface area contributed by atoms with Crippen LogP contribution in [0.3, 0.4) is 0 Å². The fourth-order valence-corrected chi connectivity index (χ4v) is 1.68. The zero-order chi connectivity index (χ0) is 15.1. The van der Waals surface area contributed by atoms with Crippen molar-refractivity contribution in [2.75, 3.05) is 0 Å². The van der Waals surface area contributed by atoms with Gasteiger partial charge in [0.2, 0.25) is 0 Å². The Labute approximate surface area is 126 Å². The molecule has 2 aromatic rings. The standard InChI is InChI=1S/C16H11ClFNO2/c17-12-5-3-6-13(11-12)21-16(20)9-2-1-8-15-14(18)7-4-10-19-15/h3-7,10-11H,2,9H2. The monoisotopic (exact) mass is 303 g/mol. The van der Waals surface area contributed by atoms with Crippen LogP contribution in [0, 0.1) is 17.7 Å². The lowest BCUT2D eigenvalue weighted by atomic mass is 10.3. The van der Waals surface area contributed by atoms with Crippen molar-refractivity contribution < 1.29 is 13.9 Å². The molecule has 0 amide bonds. The first-order valence-electron chi connectivity index (χ1n) is 6.21. The molecule has 0 radical (unpaired) electrons. The highest BCUT2D eigenvalue weighted by molar-refractivity contribution is 6.30. The van der Waals surface area contributed by atoms with E-state index in [2.05, 4.69) is 16.8 Å². The molecule has 0 atom stereocenters. The molecule has 106 valence electrons. The maximum atomic E-state index is 13.2. The van der Waals surface area contributed by atoms with Crippen LogP contribution in [-0.2, 0) is 4.79 Å². The Balaban J connectivity index is 1.84. The van der Waals surface area contributed by atoms with Gasteiger partial charge in [0.1, 0.15) is 11.4 Å². The van der Waals surface area contributed by atoms with Gasteiger partial charge in [0.15, 0.2) is 5.82 Å². The molecule has 0 aliphatic carbocycles. The molecule has 1 aromatic heterocycles. The minimum absolute atomic E-state index is 0.0701. The molecule has 0 aliphatic rings. The van der Waals surface area contributed by atoms with E-state index in [1.54, 1.807) is 24.3 Å². The number of benzene rings is 1. The summed E-state index contributed by atoms with van der Waals surface area (Å²) in [5.41, 5.74) is 0.0701. The van der Waals surface area contributed by atoms with Gasteiger partial charge in [-0.25, -0.2) is 9.37 Å². The molecule has 3 nitrogen and oxygen atoms in total. The molecular weight excluding hydrogens is 293 g/mol. The molecule has 0 spiro atoms. The van der Waals surface area contributed by atoms with Crippen molar-refractivity contribution >= 4 is 17.6 Å². The zero-order valence-corrected chi connectivity index (χ0v) is 11.7. The fraction of sp³-hybridized carbons (Fsp3) is 0.125. The Bertz CT molecular complexity index is 707. The summed E-state index contributed by atoms with van der Waals surface area (Å²) >= 11 is 5.78. The van der Waals surface area contributed by atoms with E-state index in [0.717, 1.165) is 0 Å². The van der Waals surface area contributed by atoms with Gasteiger partial charge < -0.3 is 4.74 Å². The minimum Gasteiger partial charge on any atom is -0.426 e. The highest BCUT2D eigenvalue weighted by atomic mass is 35.5. The number of aromatic nitrogens is 1. The van der Waals surface area contributed by atoms with Crippen LogP contribution in [0.1, 0.15) is 18.5 Å². The lowest BCUT2D eigenvalue weighted by molar-refractivity contribution is -0.134. The summed E-state index contributed by atoms with van der Waals surface area (Å²) in [5.74, 6) is 4.75. The second-order valence-electron chi connectivity index (χ2n) is 4.07. The van der Waals surface area contributed by atoms with Crippen molar-refractivity contribution in [3.63, 3.8) is 0 Å². The molecule has 0 bridgehead atoms. The fourth-order valence-electron chi connectivity index (χ4n) is 1.50. The Morgan fingerprint density at radius 3 is 2.95 bits per heavy atom. The summed E-state index contributed by atoms with van der Waals surface area (Å²) in [6.45, 7) is 0. The number of halogens is 2. The van der Waals surface area contributed by atoms with Gasteiger partial charge in [0.05, 0.1) is 6.42 Å². The normalized spacial score (nSPS) is 9.62. The highest BCUT2D eigenvalue weighted by Gasteiger charge is 2.04. The average Bonchev–Trinajstić information content (AvgIpc) is 2.45. The molecule has 2 rings (SSSR count). The quantitative estimate of drug-likeness (QED) is 0.494. The second kappa shape index (κ2) is 7.41. The van der Waals surface area contributed by atoms with Crippen molar-refractivity contribution in [2.45, 2.75) is 12.8 Å². The number of carbonyl (C=O) groups is 1. The van der Waals surface area contributed by atoms with Crippen LogP contribution in [0.2, 0.25) is 5.02 Å². The van der Waals surface area contributed by atoms with E-state index in [1.165, 1.54) is 18.3 Å². The first-order valence-corrected chi connectivity index (χ1v) is 6.58. The van der Waals surface area contributed by atoms with Crippen LogP contribution in [0.25, 0.3) is 0 Å². The lowest BCUT2D eigenvalue weighted by Crippen LogP contribution is -2.06. The number of pyridine rings is 1. The van der Waals surface area contributed by atoms with Gasteiger partial charge in [-0.2, -0.15) is 0 Å². The molecular formula is C16H11ClFNO2. The number of nitrogens with zero attached hydrogens (tertiary/aromatic N) is 1. The number of rotatable bonds is 3. The van der Waals surface area contributed by atoms with E-state index in [-0.39, 0.29) is 18.5 Å². The first kappa shape index (κ1) is 15.0. The van der Waals surface area contributed by atoms with E-state index in [0.29, 0.717) is 10.8 Å². The molecule has 21 heavy (non-hydrogen) atoms. The average molecular weight is 304 g/mol. The van der Waals surface area contributed by atoms with Gasteiger partial charge in [0, 0.05) is 17.6 Å². The summed E-state index contributed by atoms with van der Waals surface area (Å²) in [4.78, 5) is 15.4. The number of hydrogen-bond donors (Lipinski definition) is 0. The van der Waals surface area contributed by atoms with E-state index in [1.807, 2.05) is 0 Å². The summed E-state index contributed by atoms with van der Waals surface area (Å²) < 4.78 is 18.3. The number of ether oxygens (including phenoxy) is 1. The van der Waals surface area contributed by atoms with E-state index < -0.39 is 11.8 Å². The maximum Gasteiger partial charge on any atom is 0.312 e. The molecule has 0 saturated heterocycles. The number of esters is 1. The zero-order valence-electron chi connectivity index (χ0n) is 11.0. The van der Waals surface area contributed by atoms with Gasteiger partial charge >= 0.3 is 5.97 Å². The molecule has 0 unspecified atom stereocenters. The summed E-state index contributed by atoms with van der Waals surface area (Å²) in [7, 11) is 0. The third-order valence-corrected chi connectivity index (χ3v) is 2.68. The minimum atomic E-state index is -0.480. The van der Waals surface area contributed by atoms with Crippen molar-refractivity contribution in [1.29, 1.82) is 0 Å². The van der Waals surface area contributed by atoms with Gasteiger partial charge in [-0.3, -0.25) is 4.79 Å². The van der Waals surface area contributed by atoms with Crippen LogP contribution < -0.4 is 4.74 Å². The Morgan fingerprint density at radius 1 is 1.33 bits per heavy atom. The smallest absolute Gasteiger partial charge is 0.312 e. The topological polar surface area (TPSA) is 39.2 Å². The Kier molecular flexibility index (Phi) is 5.30. The van der Waals surface area contributed by atoms with E-state index in [9.17, 15) is 9.18 Å². The van der Waals surface area contributed by atoms with Gasteiger partial charge in [-0.1, -0.05) is 23.6 Å².